The molecule has 1 heterocycles. The molecule has 0 atom stereocenters. The van der Waals surface area contributed by atoms with Crippen molar-refractivity contribution in [2.45, 2.75) is 0 Å². The van der Waals surface area contributed by atoms with Gasteiger partial charge in [-0.2, -0.15) is 0 Å². The van der Waals surface area contributed by atoms with Crippen molar-refractivity contribution in [3.8, 4) is 5.75 Å². The number of amides is 1. The van der Waals surface area contributed by atoms with Crippen LogP contribution in [0.3, 0.4) is 0 Å². The number of thiazole rings is 1. The number of fused-ring (bicyclic) bond motifs is 1. The second kappa shape index (κ2) is 6.96. The third-order valence-corrected chi connectivity index (χ3v) is 4.67. The molecule has 1 amide bonds. The van der Waals surface area contributed by atoms with Crippen molar-refractivity contribution >= 4 is 44.0 Å². The van der Waals surface area contributed by atoms with E-state index in [0.29, 0.717) is 16.6 Å². The van der Waals surface area contributed by atoms with Gasteiger partial charge < -0.3 is 9.64 Å². The molecule has 0 radical (unpaired) electrons. The maximum atomic E-state index is 12.7. The van der Waals surface area contributed by atoms with E-state index in [2.05, 4.69) is 10.3 Å². The number of aromatic nitrogens is 1. The summed E-state index contributed by atoms with van der Waals surface area (Å²) in [5.74, 6) is 0.246. The number of rotatable bonds is 5. The lowest BCUT2D eigenvalue weighted by atomic mass is 10.1. The summed E-state index contributed by atoms with van der Waals surface area (Å²) in [6.07, 6.45) is 0. The molecular weight excluding hydrogens is 356 g/mol. The van der Waals surface area contributed by atoms with Crippen molar-refractivity contribution in [2.24, 2.45) is 0 Å². The number of carbonyl (C=O) groups is 1. The highest BCUT2D eigenvalue weighted by atomic mass is 32.1. The van der Waals surface area contributed by atoms with Gasteiger partial charge in [-0.1, -0.05) is 11.3 Å². The quantitative estimate of drug-likeness (QED) is 0.543. The molecule has 0 aliphatic heterocycles. The number of nitrogens with one attached hydrogen (secondary N) is 1. The molecule has 0 unspecified atom stereocenters. The summed E-state index contributed by atoms with van der Waals surface area (Å²) in [4.78, 5) is 29.3. The Morgan fingerprint density at radius 1 is 1.27 bits per heavy atom. The molecule has 0 aliphatic carbocycles. The maximum absolute atomic E-state index is 12.7. The van der Waals surface area contributed by atoms with E-state index in [9.17, 15) is 14.9 Å². The Balaban J connectivity index is 1.94. The molecule has 26 heavy (non-hydrogen) atoms. The van der Waals surface area contributed by atoms with Crippen LogP contribution in [0.1, 0.15) is 10.4 Å². The van der Waals surface area contributed by atoms with E-state index in [-0.39, 0.29) is 11.3 Å². The summed E-state index contributed by atoms with van der Waals surface area (Å²) >= 11 is 1.30. The smallest absolute Gasteiger partial charge is 0.270 e. The minimum atomic E-state index is -0.528. The number of hydrogen-bond donors (Lipinski definition) is 1. The number of ether oxygens (including phenoxy) is 1. The lowest BCUT2D eigenvalue weighted by Gasteiger charge is -2.16. The average Bonchev–Trinajstić information content (AvgIpc) is 3.01. The first kappa shape index (κ1) is 17.6. The largest absolute Gasteiger partial charge is 0.497 e. The van der Waals surface area contributed by atoms with Crippen LogP contribution < -0.4 is 15.0 Å². The van der Waals surface area contributed by atoms with Crippen LogP contribution in [0.4, 0.5) is 16.5 Å². The third-order valence-electron chi connectivity index (χ3n) is 3.73. The number of benzene rings is 2. The van der Waals surface area contributed by atoms with Crippen molar-refractivity contribution in [2.75, 3.05) is 31.4 Å². The Labute approximate surface area is 153 Å². The molecule has 3 rings (SSSR count). The van der Waals surface area contributed by atoms with E-state index in [1.807, 2.05) is 6.07 Å². The van der Waals surface area contributed by atoms with Crippen LogP contribution in [0.15, 0.2) is 36.4 Å². The van der Waals surface area contributed by atoms with E-state index in [4.69, 9.17) is 4.74 Å². The first-order valence-corrected chi connectivity index (χ1v) is 8.42. The molecule has 0 fully saturated rings. The zero-order chi connectivity index (χ0) is 18.8. The fourth-order valence-corrected chi connectivity index (χ4v) is 3.35. The van der Waals surface area contributed by atoms with Gasteiger partial charge in [0.25, 0.3) is 11.6 Å². The lowest BCUT2D eigenvalue weighted by molar-refractivity contribution is -0.384. The molecule has 1 N–H and O–H groups in total. The van der Waals surface area contributed by atoms with E-state index in [1.54, 1.807) is 44.3 Å². The van der Waals surface area contributed by atoms with E-state index < -0.39 is 10.8 Å². The van der Waals surface area contributed by atoms with Crippen LogP contribution >= 0.6 is 11.3 Å². The molecular formula is C17H16N4O4S. The summed E-state index contributed by atoms with van der Waals surface area (Å²) in [7, 11) is 5.11. The minimum Gasteiger partial charge on any atom is -0.497 e. The molecule has 0 saturated carbocycles. The zero-order valence-corrected chi connectivity index (χ0v) is 15.2. The highest BCUT2D eigenvalue weighted by Crippen LogP contribution is 2.30. The number of nitrogens with zero attached hydrogens (tertiary/aromatic N) is 3. The second-order valence-electron chi connectivity index (χ2n) is 5.66. The predicted octanol–water partition coefficient (Wildman–Crippen LogP) is 3.53. The van der Waals surface area contributed by atoms with Crippen LogP contribution in [0.25, 0.3) is 10.2 Å². The van der Waals surface area contributed by atoms with Gasteiger partial charge in [-0.15, -0.1) is 0 Å². The molecule has 134 valence electrons. The van der Waals surface area contributed by atoms with Gasteiger partial charge in [-0.3, -0.25) is 20.2 Å². The average molecular weight is 372 g/mol. The first-order valence-electron chi connectivity index (χ1n) is 7.60. The molecule has 9 heteroatoms. The van der Waals surface area contributed by atoms with Crippen LogP contribution in [0.2, 0.25) is 0 Å². The van der Waals surface area contributed by atoms with Gasteiger partial charge in [0, 0.05) is 31.9 Å². The summed E-state index contributed by atoms with van der Waals surface area (Å²) in [6.45, 7) is 0. The van der Waals surface area contributed by atoms with Gasteiger partial charge in [-0.25, -0.2) is 4.98 Å². The van der Waals surface area contributed by atoms with Crippen LogP contribution in [0.5, 0.6) is 5.75 Å². The standard InChI is InChI=1S/C17H16N4O4S/c1-20(2)14-7-4-10(21(23)24)8-12(14)16(22)19-17-18-13-6-5-11(25-3)9-15(13)26-17/h4-9H,1-3H3,(H,18,19,22). The Bertz CT molecular complexity index is 1000. The Kier molecular flexibility index (Phi) is 4.72. The molecule has 8 nitrogen and oxygen atoms in total. The minimum absolute atomic E-state index is 0.144. The topological polar surface area (TPSA) is 97.6 Å². The summed E-state index contributed by atoms with van der Waals surface area (Å²) in [6, 6.07) is 9.62. The number of carbonyl (C=O) groups excluding carboxylic acids is 1. The number of anilines is 2. The molecule has 3 aromatic rings. The SMILES string of the molecule is COc1ccc2nc(NC(=O)c3cc([N+](=O)[O-])ccc3N(C)C)sc2c1. The molecule has 0 saturated heterocycles. The monoisotopic (exact) mass is 372 g/mol. The highest BCUT2D eigenvalue weighted by Gasteiger charge is 2.19. The summed E-state index contributed by atoms with van der Waals surface area (Å²) in [5, 5.41) is 14.2. The second-order valence-corrected chi connectivity index (χ2v) is 6.69. The van der Waals surface area contributed by atoms with E-state index in [1.165, 1.54) is 23.5 Å². The van der Waals surface area contributed by atoms with Gasteiger partial charge in [0.05, 0.1) is 27.8 Å². The predicted molar refractivity (Wildman–Crippen MR) is 102 cm³/mol. The van der Waals surface area contributed by atoms with Crippen molar-refractivity contribution in [1.82, 2.24) is 4.98 Å². The molecule has 0 aliphatic rings. The number of nitro groups is 1. The number of hydrogen-bond acceptors (Lipinski definition) is 7. The maximum Gasteiger partial charge on any atom is 0.270 e. The fourth-order valence-electron chi connectivity index (χ4n) is 2.46. The number of non-ortho nitro benzene ring substituents is 1. The van der Waals surface area contributed by atoms with Gasteiger partial charge >= 0.3 is 0 Å². The molecule has 0 bridgehead atoms. The zero-order valence-electron chi connectivity index (χ0n) is 14.3. The molecule has 2 aromatic carbocycles. The van der Waals surface area contributed by atoms with Gasteiger partial charge in [0.15, 0.2) is 5.13 Å². The van der Waals surface area contributed by atoms with Crippen LogP contribution in [0, 0.1) is 10.1 Å². The number of methoxy groups -OCH3 is 1. The van der Waals surface area contributed by atoms with Gasteiger partial charge in [0.2, 0.25) is 0 Å². The lowest BCUT2D eigenvalue weighted by Crippen LogP contribution is -2.18. The fraction of sp³-hybridized carbons (Fsp3) is 0.176. The van der Waals surface area contributed by atoms with Crippen molar-refractivity contribution < 1.29 is 14.5 Å². The van der Waals surface area contributed by atoms with E-state index in [0.717, 1.165) is 10.2 Å². The van der Waals surface area contributed by atoms with Crippen molar-refractivity contribution in [3.05, 3.63) is 52.1 Å². The molecule has 0 spiro atoms. The van der Waals surface area contributed by atoms with Gasteiger partial charge in [0.1, 0.15) is 5.75 Å². The van der Waals surface area contributed by atoms with Gasteiger partial charge in [-0.05, 0) is 24.3 Å². The summed E-state index contributed by atoms with van der Waals surface area (Å²) < 4.78 is 6.05. The Morgan fingerprint density at radius 3 is 2.69 bits per heavy atom. The summed E-state index contributed by atoms with van der Waals surface area (Å²) in [5.41, 5.74) is 1.38. The van der Waals surface area contributed by atoms with E-state index >= 15 is 0 Å². The first-order chi connectivity index (χ1) is 12.4. The highest BCUT2D eigenvalue weighted by molar-refractivity contribution is 7.22. The Morgan fingerprint density at radius 2 is 2.04 bits per heavy atom. The van der Waals surface area contributed by atoms with Crippen LogP contribution in [-0.2, 0) is 0 Å². The normalized spacial score (nSPS) is 10.6. The Hall–Kier alpha value is -3.20. The number of nitro benzene ring substituents is 1. The third kappa shape index (κ3) is 3.42. The molecule has 1 aromatic heterocycles. The van der Waals surface area contributed by atoms with Crippen LogP contribution in [-0.4, -0.2) is 37.0 Å². The van der Waals surface area contributed by atoms with Crippen molar-refractivity contribution in [3.63, 3.8) is 0 Å². The van der Waals surface area contributed by atoms with Crippen molar-refractivity contribution in [1.29, 1.82) is 0 Å².